The highest BCUT2D eigenvalue weighted by Gasteiger charge is 2.12. The van der Waals surface area contributed by atoms with Crippen molar-refractivity contribution in [1.29, 1.82) is 0 Å². The third-order valence-electron chi connectivity index (χ3n) is 2.52. The first-order chi connectivity index (χ1) is 8.00. The topological polar surface area (TPSA) is 0 Å². The second-order valence-corrected chi connectivity index (χ2v) is 6.09. The molecule has 0 aromatic heterocycles. The van der Waals surface area contributed by atoms with E-state index in [1.165, 1.54) is 0 Å². The lowest BCUT2D eigenvalue weighted by atomic mass is 10.0. The lowest BCUT2D eigenvalue weighted by Gasteiger charge is -2.10. The first-order valence-corrected chi connectivity index (χ1v) is 7.12. The number of rotatable bonds is 1. The molecule has 0 aliphatic carbocycles. The van der Waals surface area contributed by atoms with Crippen molar-refractivity contribution in [2.24, 2.45) is 0 Å². The molecular formula is C13H8Cl3I. The molecule has 0 atom stereocenters. The highest BCUT2D eigenvalue weighted by Crippen LogP contribution is 2.39. The van der Waals surface area contributed by atoms with Crippen LogP contribution in [0.15, 0.2) is 30.3 Å². The third kappa shape index (κ3) is 2.73. The maximum absolute atomic E-state index is 6.24. The number of hydrogen-bond acceptors (Lipinski definition) is 0. The van der Waals surface area contributed by atoms with Crippen molar-refractivity contribution in [2.75, 3.05) is 0 Å². The predicted octanol–water partition coefficient (Wildman–Crippen LogP) is 6.23. The molecule has 2 aromatic rings. The predicted molar refractivity (Wildman–Crippen MR) is 84.4 cm³/mol. The van der Waals surface area contributed by atoms with Gasteiger partial charge in [0.15, 0.2) is 0 Å². The van der Waals surface area contributed by atoms with E-state index >= 15 is 0 Å². The van der Waals surface area contributed by atoms with Crippen LogP contribution < -0.4 is 0 Å². The molecule has 0 nitrogen and oxygen atoms in total. The molecule has 0 saturated carbocycles. The molecule has 2 aromatic carbocycles. The van der Waals surface area contributed by atoms with E-state index in [2.05, 4.69) is 40.8 Å². The first kappa shape index (κ1) is 13.5. The van der Waals surface area contributed by atoms with E-state index in [1.54, 1.807) is 6.07 Å². The standard InChI is InChI=1S/C13H8Cl3I/c1-7-2-3-8(17)6-10(7)9-4-5-11(14)13(16)12(9)15/h2-6H,1H3. The summed E-state index contributed by atoms with van der Waals surface area (Å²) in [6.45, 7) is 2.05. The van der Waals surface area contributed by atoms with Gasteiger partial charge in [-0.1, -0.05) is 46.9 Å². The molecular weight excluding hydrogens is 389 g/mol. The summed E-state index contributed by atoms with van der Waals surface area (Å²) < 4.78 is 1.16. The van der Waals surface area contributed by atoms with E-state index in [1.807, 2.05) is 13.0 Å². The van der Waals surface area contributed by atoms with Crippen molar-refractivity contribution < 1.29 is 0 Å². The smallest absolute Gasteiger partial charge is 0.0784 e. The minimum atomic E-state index is 0.407. The third-order valence-corrected chi connectivity index (χ3v) is 4.49. The van der Waals surface area contributed by atoms with Crippen LogP contribution in [0.3, 0.4) is 0 Å². The van der Waals surface area contributed by atoms with Gasteiger partial charge in [-0.2, -0.15) is 0 Å². The maximum atomic E-state index is 6.24. The van der Waals surface area contributed by atoms with Crippen molar-refractivity contribution in [3.05, 3.63) is 54.5 Å². The maximum Gasteiger partial charge on any atom is 0.0784 e. The summed E-state index contributed by atoms with van der Waals surface area (Å²) in [4.78, 5) is 0. The molecule has 0 spiro atoms. The van der Waals surface area contributed by atoms with Gasteiger partial charge in [0, 0.05) is 9.13 Å². The average Bonchev–Trinajstić information content (AvgIpc) is 2.30. The molecule has 0 radical (unpaired) electrons. The van der Waals surface area contributed by atoms with Crippen LogP contribution in [0.4, 0.5) is 0 Å². The highest BCUT2D eigenvalue weighted by atomic mass is 127. The van der Waals surface area contributed by atoms with Crippen molar-refractivity contribution >= 4 is 57.4 Å². The van der Waals surface area contributed by atoms with Crippen molar-refractivity contribution in [3.8, 4) is 11.1 Å². The molecule has 0 aliphatic heterocycles. The van der Waals surface area contributed by atoms with Crippen LogP contribution >= 0.6 is 57.4 Å². The molecule has 0 bridgehead atoms. The van der Waals surface area contributed by atoms with Gasteiger partial charge in [-0.05, 0) is 58.8 Å². The second-order valence-electron chi connectivity index (χ2n) is 3.68. The summed E-state index contributed by atoms with van der Waals surface area (Å²) in [6.07, 6.45) is 0. The van der Waals surface area contributed by atoms with Crippen molar-refractivity contribution in [3.63, 3.8) is 0 Å². The van der Waals surface area contributed by atoms with E-state index in [0.717, 1.165) is 20.3 Å². The summed E-state index contributed by atoms with van der Waals surface area (Å²) in [5.74, 6) is 0. The first-order valence-electron chi connectivity index (χ1n) is 4.90. The zero-order chi connectivity index (χ0) is 12.6. The summed E-state index contributed by atoms with van der Waals surface area (Å²) in [5, 5.41) is 1.39. The van der Waals surface area contributed by atoms with Gasteiger partial charge in [0.2, 0.25) is 0 Å². The molecule has 17 heavy (non-hydrogen) atoms. The van der Waals surface area contributed by atoms with Gasteiger partial charge in [0.05, 0.1) is 15.1 Å². The molecule has 0 fully saturated rings. The van der Waals surface area contributed by atoms with Crippen molar-refractivity contribution in [2.45, 2.75) is 6.92 Å². The number of halogens is 4. The second kappa shape index (κ2) is 5.35. The van der Waals surface area contributed by atoms with E-state index < -0.39 is 0 Å². The molecule has 0 aliphatic rings. The number of benzene rings is 2. The minimum absolute atomic E-state index is 0.407. The largest absolute Gasteiger partial charge is 0.0827 e. The normalized spacial score (nSPS) is 10.6. The fraction of sp³-hybridized carbons (Fsp3) is 0.0769. The molecule has 0 N–H and O–H groups in total. The van der Waals surface area contributed by atoms with Crippen LogP contribution in [0.25, 0.3) is 11.1 Å². The quantitative estimate of drug-likeness (QED) is 0.395. The molecule has 0 amide bonds. The van der Waals surface area contributed by atoms with Gasteiger partial charge >= 0.3 is 0 Å². The molecule has 0 heterocycles. The molecule has 0 saturated heterocycles. The molecule has 88 valence electrons. The Kier molecular flexibility index (Phi) is 4.24. The van der Waals surface area contributed by atoms with Crippen LogP contribution in [0, 0.1) is 10.5 Å². The SMILES string of the molecule is Cc1ccc(I)cc1-c1ccc(Cl)c(Cl)c1Cl. The van der Waals surface area contributed by atoms with E-state index in [0.29, 0.717) is 15.1 Å². The summed E-state index contributed by atoms with van der Waals surface area (Å²) in [7, 11) is 0. The monoisotopic (exact) mass is 396 g/mol. The minimum Gasteiger partial charge on any atom is -0.0827 e. The zero-order valence-corrected chi connectivity index (χ0v) is 13.3. The Balaban J connectivity index is 2.69. The van der Waals surface area contributed by atoms with E-state index in [-0.39, 0.29) is 0 Å². The molecule has 4 heteroatoms. The number of aryl methyl sites for hydroxylation is 1. The average molecular weight is 397 g/mol. The lowest BCUT2D eigenvalue weighted by Crippen LogP contribution is -1.87. The number of hydrogen-bond donors (Lipinski definition) is 0. The summed E-state index contributed by atoms with van der Waals surface area (Å²) in [5.41, 5.74) is 3.16. The Morgan fingerprint density at radius 1 is 0.882 bits per heavy atom. The van der Waals surface area contributed by atoms with Crippen LogP contribution in [0.1, 0.15) is 5.56 Å². The van der Waals surface area contributed by atoms with E-state index in [4.69, 9.17) is 34.8 Å². The molecule has 2 rings (SSSR count). The van der Waals surface area contributed by atoms with Gasteiger partial charge < -0.3 is 0 Å². The Morgan fingerprint density at radius 3 is 2.29 bits per heavy atom. The lowest BCUT2D eigenvalue weighted by molar-refractivity contribution is 1.44. The van der Waals surface area contributed by atoms with Gasteiger partial charge in [-0.25, -0.2) is 0 Å². The fourth-order valence-corrected chi connectivity index (χ4v) is 2.75. The van der Waals surface area contributed by atoms with Gasteiger partial charge in [-0.3, -0.25) is 0 Å². The van der Waals surface area contributed by atoms with Gasteiger partial charge in [-0.15, -0.1) is 0 Å². The van der Waals surface area contributed by atoms with E-state index in [9.17, 15) is 0 Å². The summed E-state index contributed by atoms with van der Waals surface area (Å²) >= 11 is 20.5. The zero-order valence-electron chi connectivity index (χ0n) is 8.90. The van der Waals surface area contributed by atoms with Crippen LogP contribution in [-0.4, -0.2) is 0 Å². The fourth-order valence-electron chi connectivity index (χ4n) is 1.62. The van der Waals surface area contributed by atoms with Crippen molar-refractivity contribution in [1.82, 2.24) is 0 Å². The Morgan fingerprint density at radius 2 is 1.59 bits per heavy atom. The summed E-state index contributed by atoms with van der Waals surface area (Å²) in [6, 6.07) is 9.88. The van der Waals surface area contributed by atoms with Gasteiger partial charge in [0.25, 0.3) is 0 Å². The van der Waals surface area contributed by atoms with Crippen LogP contribution in [0.5, 0.6) is 0 Å². The highest BCUT2D eigenvalue weighted by molar-refractivity contribution is 14.1. The van der Waals surface area contributed by atoms with Crippen LogP contribution in [0.2, 0.25) is 15.1 Å². The molecule has 0 unspecified atom stereocenters. The Hall–Kier alpha value is 0.0400. The Labute approximate surface area is 129 Å². The van der Waals surface area contributed by atoms with Crippen LogP contribution in [-0.2, 0) is 0 Å². The Bertz CT molecular complexity index is 579. The van der Waals surface area contributed by atoms with Gasteiger partial charge in [0.1, 0.15) is 0 Å².